The van der Waals surface area contributed by atoms with Crippen LogP contribution in [0.25, 0.3) is 0 Å². The molecular formula is C25H37NO4. The number of hydrogen-bond acceptors (Lipinski definition) is 3. The molecule has 30 heavy (non-hydrogen) atoms. The highest BCUT2D eigenvalue weighted by molar-refractivity contribution is 5.83. The number of carboxylic acids is 1. The fraction of sp³-hybridized carbons (Fsp3) is 0.440. The summed E-state index contributed by atoms with van der Waals surface area (Å²) in [6.45, 7) is 1.53. The standard InChI is InChI=1S/C25H37NO4/c1-2-3-4-5-6-7-8-9-10-11-12-13-14-15-16-17-18-19-20-21-24(28)26-23(22-27)25(29)30/h3-4,6-7,9-10,12-13,15-16,18-19,23,27H,2,5,8,11,14,17,20-22H2,1H3,(H,26,28)(H,29,30)/b4-3+,7-6+,10-9+,13-12+,16-15+,19-18+. The number of aliphatic hydroxyl groups excluding tert-OH is 1. The normalized spacial score (nSPS) is 13.7. The monoisotopic (exact) mass is 415 g/mol. The van der Waals surface area contributed by atoms with Gasteiger partial charge in [0.15, 0.2) is 0 Å². The van der Waals surface area contributed by atoms with Gasteiger partial charge in [-0.05, 0) is 44.9 Å². The van der Waals surface area contributed by atoms with Crippen molar-refractivity contribution in [3.05, 3.63) is 72.9 Å². The van der Waals surface area contributed by atoms with E-state index in [0.29, 0.717) is 6.42 Å². The van der Waals surface area contributed by atoms with Gasteiger partial charge in [-0.25, -0.2) is 4.79 Å². The highest BCUT2D eigenvalue weighted by Crippen LogP contribution is 1.98. The fourth-order valence-corrected chi connectivity index (χ4v) is 2.31. The molecule has 0 aromatic carbocycles. The average Bonchev–Trinajstić information content (AvgIpc) is 2.73. The van der Waals surface area contributed by atoms with Gasteiger partial charge in [0.2, 0.25) is 5.91 Å². The topological polar surface area (TPSA) is 86.6 Å². The van der Waals surface area contributed by atoms with E-state index in [2.05, 4.69) is 73.0 Å². The molecule has 0 bridgehead atoms. The number of allylic oxidation sites excluding steroid dienone is 12. The molecule has 3 N–H and O–H groups in total. The number of amides is 1. The SMILES string of the molecule is CC/C=C/C/C=C/C/C=C/C/C=C/C/C=C/C/C=C/CCC(=O)NC(CO)C(=O)O. The molecule has 0 aliphatic heterocycles. The lowest BCUT2D eigenvalue weighted by Gasteiger charge is -2.10. The van der Waals surface area contributed by atoms with Gasteiger partial charge in [-0.2, -0.15) is 0 Å². The molecule has 0 fully saturated rings. The van der Waals surface area contributed by atoms with E-state index in [0.717, 1.165) is 38.5 Å². The zero-order valence-electron chi connectivity index (χ0n) is 18.1. The molecule has 5 heteroatoms. The van der Waals surface area contributed by atoms with E-state index >= 15 is 0 Å². The number of carboxylic acid groups (broad SMARTS) is 1. The fourth-order valence-electron chi connectivity index (χ4n) is 2.31. The van der Waals surface area contributed by atoms with Crippen molar-refractivity contribution in [2.75, 3.05) is 6.61 Å². The molecule has 0 aliphatic carbocycles. The summed E-state index contributed by atoms with van der Waals surface area (Å²) in [6, 6.07) is -1.23. The lowest BCUT2D eigenvalue weighted by atomic mass is 10.2. The summed E-state index contributed by atoms with van der Waals surface area (Å²) >= 11 is 0. The number of carbonyl (C=O) groups excluding carboxylic acids is 1. The first-order chi connectivity index (χ1) is 14.6. The van der Waals surface area contributed by atoms with Crippen molar-refractivity contribution < 1.29 is 19.8 Å². The van der Waals surface area contributed by atoms with Crippen LogP contribution < -0.4 is 5.32 Å². The van der Waals surface area contributed by atoms with E-state index in [4.69, 9.17) is 10.2 Å². The summed E-state index contributed by atoms with van der Waals surface area (Å²) in [5.74, 6) is -1.62. The third-order valence-corrected chi connectivity index (χ3v) is 3.95. The van der Waals surface area contributed by atoms with Gasteiger partial charge < -0.3 is 15.5 Å². The van der Waals surface area contributed by atoms with Gasteiger partial charge in [-0.3, -0.25) is 4.79 Å². The number of carbonyl (C=O) groups is 2. The van der Waals surface area contributed by atoms with Gasteiger partial charge in [-0.1, -0.05) is 79.8 Å². The van der Waals surface area contributed by atoms with E-state index < -0.39 is 18.6 Å². The second-order valence-corrected chi connectivity index (χ2v) is 6.59. The van der Waals surface area contributed by atoms with Gasteiger partial charge in [0.1, 0.15) is 6.04 Å². The summed E-state index contributed by atoms with van der Waals surface area (Å²) < 4.78 is 0. The van der Waals surface area contributed by atoms with E-state index in [-0.39, 0.29) is 12.3 Å². The van der Waals surface area contributed by atoms with Gasteiger partial charge >= 0.3 is 5.97 Å². The minimum atomic E-state index is -1.24. The van der Waals surface area contributed by atoms with Crippen LogP contribution in [0, 0.1) is 0 Å². The molecule has 0 radical (unpaired) electrons. The molecule has 1 unspecified atom stereocenters. The second kappa shape index (κ2) is 21.1. The Bertz CT molecular complexity index is 627. The van der Waals surface area contributed by atoms with Gasteiger partial charge in [0.05, 0.1) is 6.61 Å². The summed E-state index contributed by atoms with van der Waals surface area (Å²) in [6.07, 6.45) is 31.9. The first-order valence-electron chi connectivity index (χ1n) is 10.6. The van der Waals surface area contributed by atoms with Crippen molar-refractivity contribution in [1.82, 2.24) is 5.32 Å². The number of aliphatic hydroxyl groups is 1. The molecule has 0 aromatic heterocycles. The first kappa shape index (κ1) is 27.3. The Balaban J connectivity index is 3.70. The van der Waals surface area contributed by atoms with Gasteiger partial charge in [-0.15, -0.1) is 0 Å². The van der Waals surface area contributed by atoms with E-state index in [1.165, 1.54) is 0 Å². The molecule has 166 valence electrons. The maximum atomic E-state index is 11.5. The summed E-state index contributed by atoms with van der Waals surface area (Å²) in [5.41, 5.74) is 0. The first-order valence-corrected chi connectivity index (χ1v) is 10.6. The maximum absolute atomic E-state index is 11.5. The Morgan fingerprint density at radius 2 is 1.13 bits per heavy atom. The highest BCUT2D eigenvalue weighted by atomic mass is 16.4. The van der Waals surface area contributed by atoms with Gasteiger partial charge in [0.25, 0.3) is 0 Å². The van der Waals surface area contributed by atoms with Crippen LogP contribution in [0.2, 0.25) is 0 Å². The van der Waals surface area contributed by atoms with Crippen LogP contribution in [-0.4, -0.2) is 34.7 Å². The van der Waals surface area contributed by atoms with E-state index in [1.807, 2.05) is 12.2 Å². The molecule has 0 saturated carbocycles. The minimum absolute atomic E-state index is 0.200. The molecule has 5 nitrogen and oxygen atoms in total. The van der Waals surface area contributed by atoms with E-state index in [1.54, 1.807) is 0 Å². The van der Waals surface area contributed by atoms with Crippen LogP contribution in [0.15, 0.2) is 72.9 Å². The number of rotatable bonds is 17. The largest absolute Gasteiger partial charge is 0.480 e. The average molecular weight is 416 g/mol. The Kier molecular flexibility index (Phi) is 19.2. The molecule has 0 saturated heterocycles. The Hall–Kier alpha value is -2.66. The zero-order valence-corrected chi connectivity index (χ0v) is 18.1. The van der Waals surface area contributed by atoms with Crippen molar-refractivity contribution in [3.8, 4) is 0 Å². The van der Waals surface area contributed by atoms with Crippen LogP contribution in [-0.2, 0) is 9.59 Å². The Labute approximate surface area is 181 Å². The van der Waals surface area contributed by atoms with Crippen molar-refractivity contribution in [3.63, 3.8) is 0 Å². The molecule has 0 spiro atoms. The molecule has 0 aliphatic rings. The summed E-state index contributed by atoms with van der Waals surface area (Å²) in [5, 5.41) is 19.9. The maximum Gasteiger partial charge on any atom is 0.328 e. The lowest BCUT2D eigenvalue weighted by Crippen LogP contribution is -2.43. The van der Waals surface area contributed by atoms with Crippen molar-refractivity contribution in [1.29, 1.82) is 0 Å². The van der Waals surface area contributed by atoms with Crippen LogP contribution in [0.1, 0.15) is 58.3 Å². The third-order valence-electron chi connectivity index (χ3n) is 3.95. The molecule has 0 heterocycles. The Morgan fingerprint density at radius 1 is 0.733 bits per heavy atom. The van der Waals surface area contributed by atoms with Crippen molar-refractivity contribution >= 4 is 11.9 Å². The highest BCUT2D eigenvalue weighted by Gasteiger charge is 2.17. The summed E-state index contributed by atoms with van der Waals surface area (Å²) in [4.78, 5) is 22.3. The lowest BCUT2D eigenvalue weighted by molar-refractivity contribution is -0.142. The molecule has 1 amide bonds. The van der Waals surface area contributed by atoms with Crippen molar-refractivity contribution in [2.24, 2.45) is 0 Å². The smallest absolute Gasteiger partial charge is 0.328 e. The molecule has 1 atom stereocenters. The van der Waals surface area contributed by atoms with Gasteiger partial charge in [0, 0.05) is 6.42 Å². The van der Waals surface area contributed by atoms with Crippen LogP contribution in [0.4, 0.5) is 0 Å². The quantitative estimate of drug-likeness (QED) is 0.291. The molecule has 0 rings (SSSR count). The third kappa shape index (κ3) is 18.7. The number of aliphatic carboxylic acids is 1. The molecule has 0 aromatic rings. The second-order valence-electron chi connectivity index (χ2n) is 6.59. The Morgan fingerprint density at radius 3 is 1.50 bits per heavy atom. The predicted octanol–water partition coefficient (Wildman–Crippen LogP) is 5.03. The predicted molar refractivity (Wildman–Crippen MR) is 124 cm³/mol. The number of hydrogen-bond donors (Lipinski definition) is 3. The van der Waals surface area contributed by atoms with Crippen LogP contribution >= 0.6 is 0 Å². The molecular weight excluding hydrogens is 378 g/mol. The summed E-state index contributed by atoms with van der Waals surface area (Å²) in [7, 11) is 0. The van der Waals surface area contributed by atoms with E-state index in [9.17, 15) is 9.59 Å². The zero-order chi connectivity index (χ0) is 22.3. The number of nitrogens with one attached hydrogen (secondary N) is 1. The van der Waals surface area contributed by atoms with Crippen molar-refractivity contribution in [2.45, 2.75) is 64.3 Å². The minimum Gasteiger partial charge on any atom is -0.480 e. The van der Waals surface area contributed by atoms with Crippen LogP contribution in [0.3, 0.4) is 0 Å². The van der Waals surface area contributed by atoms with Crippen LogP contribution in [0.5, 0.6) is 0 Å².